The number of hydrogen-bond acceptors (Lipinski definition) is 3. The third-order valence-corrected chi connectivity index (χ3v) is 3.43. The van der Waals surface area contributed by atoms with Crippen molar-refractivity contribution in [2.75, 3.05) is 33.2 Å². The molecule has 0 bridgehead atoms. The molecule has 1 N–H and O–H groups in total. The molecule has 16 heavy (non-hydrogen) atoms. The molecule has 1 saturated heterocycles. The fourth-order valence-corrected chi connectivity index (χ4v) is 2.38. The second kappa shape index (κ2) is 6.01. The summed E-state index contributed by atoms with van der Waals surface area (Å²) in [6.45, 7) is 5.90. The molecule has 0 aromatic carbocycles. The molecule has 0 spiro atoms. The maximum atomic E-state index is 4.06. The molecular weight excluding hydrogens is 200 g/mol. The Bertz CT molecular complexity index is 275. The summed E-state index contributed by atoms with van der Waals surface area (Å²) in [5, 5.41) is 3.28. The summed E-state index contributed by atoms with van der Waals surface area (Å²) in [4.78, 5) is 6.62. The van der Waals surface area contributed by atoms with Crippen molar-refractivity contribution < 1.29 is 0 Å². The number of piperidine rings is 1. The number of nitrogens with one attached hydrogen (secondary N) is 1. The van der Waals surface area contributed by atoms with Gasteiger partial charge >= 0.3 is 0 Å². The molecule has 1 aromatic heterocycles. The highest BCUT2D eigenvalue weighted by Crippen LogP contribution is 2.15. The van der Waals surface area contributed by atoms with E-state index in [1.807, 2.05) is 25.8 Å². The summed E-state index contributed by atoms with van der Waals surface area (Å²) < 4.78 is 2.15. The van der Waals surface area contributed by atoms with Gasteiger partial charge in [-0.05, 0) is 45.4 Å². The van der Waals surface area contributed by atoms with E-state index in [1.165, 1.54) is 32.5 Å². The van der Waals surface area contributed by atoms with Crippen molar-refractivity contribution in [2.45, 2.75) is 19.4 Å². The summed E-state index contributed by atoms with van der Waals surface area (Å²) in [5.41, 5.74) is 0. The first-order chi connectivity index (χ1) is 7.88. The lowest BCUT2D eigenvalue weighted by Crippen LogP contribution is -2.38. The van der Waals surface area contributed by atoms with Crippen LogP contribution in [0.25, 0.3) is 0 Å². The van der Waals surface area contributed by atoms with Gasteiger partial charge in [-0.3, -0.25) is 0 Å². The second-order valence-electron chi connectivity index (χ2n) is 4.64. The van der Waals surface area contributed by atoms with E-state index in [2.05, 4.69) is 19.8 Å². The van der Waals surface area contributed by atoms with Crippen molar-refractivity contribution in [2.24, 2.45) is 5.92 Å². The highest BCUT2D eigenvalue weighted by Gasteiger charge is 2.17. The van der Waals surface area contributed by atoms with Gasteiger partial charge in [-0.1, -0.05) is 0 Å². The lowest BCUT2D eigenvalue weighted by Gasteiger charge is -2.31. The Morgan fingerprint density at radius 3 is 2.75 bits per heavy atom. The number of likely N-dealkylation sites (tertiary alicyclic amines) is 1. The van der Waals surface area contributed by atoms with Crippen LogP contribution in [0.1, 0.15) is 12.8 Å². The van der Waals surface area contributed by atoms with Crippen molar-refractivity contribution in [1.29, 1.82) is 0 Å². The molecule has 2 heterocycles. The first-order valence-corrected chi connectivity index (χ1v) is 6.21. The van der Waals surface area contributed by atoms with Gasteiger partial charge in [-0.2, -0.15) is 0 Å². The van der Waals surface area contributed by atoms with Crippen molar-refractivity contribution >= 4 is 0 Å². The summed E-state index contributed by atoms with van der Waals surface area (Å²) >= 11 is 0. The van der Waals surface area contributed by atoms with E-state index in [-0.39, 0.29) is 0 Å². The summed E-state index contributed by atoms with van der Waals surface area (Å²) in [6.07, 6.45) is 8.45. The van der Waals surface area contributed by atoms with Gasteiger partial charge in [0, 0.05) is 25.5 Å². The van der Waals surface area contributed by atoms with E-state index >= 15 is 0 Å². The average molecular weight is 222 g/mol. The molecule has 0 atom stereocenters. The molecule has 1 aliphatic rings. The van der Waals surface area contributed by atoms with Gasteiger partial charge in [0.1, 0.15) is 0 Å². The SMILES string of the molecule is CNCC1CCN(CCn2ccnc2)CC1. The lowest BCUT2D eigenvalue weighted by molar-refractivity contribution is 0.178. The van der Waals surface area contributed by atoms with Gasteiger partial charge in [0.15, 0.2) is 0 Å². The quantitative estimate of drug-likeness (QED) is 0.800. The van der Waals surface area contributed by atoms with Crippen LogP contribution in [0, 0.1) is 5.92 Å². The molecule has 1 aromatic rings. The van der Waals surface area contributed by atoms with Gasteiger partial charge < -0.3 is 14.8 Å². The van der Waals surface area contributed by atoms with Crippen LogP contribution in [0.2, 0.25) is 0 Å². The minimum Gasteiger partial charge on any atom is -0.336 e. The molecule has 0 saturated carbocycles. The molecular formula is C12H22N4. The van der Waals surface area contributed by atoms with Crippen LogP contribution >= 0.6 is 0 Å². The molecule has 1 fully saturated rings. The van der Waals surface area contributed by atoms with Crippen molar-refractivity contribution in [3.63, 3.8) is 0 Å². The minimum absolute atomic E-state index is 0.884. The molecule has 4 nitrogen and oxygen atoms in total. The third-order valence-electron chi connectivity index (χ3n) is 3.43. The molecule has 0 unspecified atom stereocenters. The molecule has 1 aliphatic heterocycles. The Kier molecular flexibility index (Phi) is 4.36. The molecule has 0 radical (unpaired) electrons. The van der Waals surface area contributed by atoms with E-state index in [9.17, 15) is 0 Å². The number of imidazole rings is 1. The summed E-state index contributed by atoms with van der Waals surface area (Å²) in [5.74, 6) is 0.884. The molecule has 0 amide bonds. The van der Waals surface area contributed by atoms with Crippen LogP contribution < -0.4 is 5.32 Å². The number of rotatable bonds is 5. The van der Waals surface area contributed by atoms with E-state index in [0.29, 0.717) is 0 Å². The predicted octanol–water partition coefficient (Wildman–Crippen LogP) is 0.814. The molecule has 2 rings (SSSR count). The number of hydrogen-bond donors (Lipinski definition) is 1. The first kappa shape index (κ1) is 11.6. The predicted molar refractivity (Wildman–Crippen MR) is 65.3 cm³/mol. The minimum atomic E-state index is 0.884. The van der Waals surface area contributed by atoms with Crippen LogP contribution in [0.5, 0.6) is 0 Å². The monoisotopic (exact) mass is 222 g/mol. The second-order valence-corrected chi connectivity index (χ2v) is 4.64. The van der Waals surface area contributed by atoms with Gasteiger partial charge in [0.05, 0.1) is 6.33 Å². The van der Waals surface area contributed by atoms with Gasteiger partial charge in [-0.15, -0.1) is 0 Å². The van der Waals surface area contributed by atoms with E-state index in [1.54, 1.807) is 0 Å². The molecule has 4 heteroatoms. The summed E-state index contributed by atoms with van der Waals surface area (Å²) in [6, 6.07) is 0. The Morgan fingerprint density at radius 1 is 1.31 bits per heavy atom. The number of aromatic nitrogens is 2. The van der Waals surface area contributed by atoms with Gasteiger partial charge in [0.25, 0.3) is 0 Å². The topological polar surface area (TPSA) is 33.1 Å². The maximum Gasteiger partial charge on any atom is 0.0946 e. The Balaban J connectivity index is 1.65. The zero-order chi connectivity index (χ0) is 11.2. The molecule has 90 valence electrons. The van der Waals surface area contributed by atoms with Crippen molar-refractivity contribution in [3.05, 3.63) is 18.7 Å². The summed E-state index contributed by atoms with van der Waals surface area (Å²) in [7, 11) is 2.05. The zero-order valence-corrected chi connectivity index (χ0v) is 10.1. The smallest absolute Gasteiger partial charge is 0.0946 e. The van der Waals surface area contributed by atoms with Crippen LogP contribution in [0.3, 0.4) is 0 Å². The van der Waals surface area contributed by atoms with E-state index in [4.69, 9.17) is 0 Å². The van der Waals surface area contributed by atoms with E-state index in [0.717, 1.165) is 19.0 Å². The fourth-order valence-electron chi connectivity index (χ4n) is 2.38. The lowest BCUT2D eigenvalue weighted by atomic mass is 9.97. The largest absolute Gasteiger partial charge is 0.336 e. The van der Waals surface area contributed by atoms with Crippen LogP contribution in [-0.4, -0.2) is 47.7 Å². The van der Waals surface area contributed by atoms with Gasteiger partial charge in [0.2, 0.25) is 0 Å². The van der Waals surface area contributed by atoms with Gasteiger partial charge in [-0.25, -0.2) is 4.98 Å². The zero-order valence-electron chi connectivity index (χ0n) is 10.1. The standard InChI is InChI=1S/C12H22N4/c1-13-10-12-2-5-15(6-3-12)8-9-16-7-4-14-11-16/h4,7,11-13H,2-3,5-6,8-10H2,1H3. The Morgan fingerprint density at radius 2 is 2.12 bits per heavy atom. The maximum absolute atomic E-state index is 4.06. The van der Waals surface area contributed by atoms with Crippen LogP contribution in [0.4, 0.5) is 0 Å². The highest BCUT2D eigenvalue weighted by atomic mass is 15.2. The third kappa shape index (κ3) is 3.32. The normalized spacial score (nSPS) is 19.1. The Labute approximate surface area is 97.7 Å². The number of nitrogens with zero attached hydrogens (tertiary/aromatic N) is 3. The highest BCUT2D eigenvalue weighted by molar-refractivity contribution is 4.77. The molecule has 0 aliphatic carbocycles. The average Bonchev–Trinajstić information content (AvgIpc) is 2.82. The van der Waals surface area contributed by atoms with Crippen molar-refractivity contribution in [1.82, 2.24) is 19.8 Å². The van der Waals surface area contributed by atoms with E-state index < -0.39 is 0 Å². The van der Waals surface area contributed by atoms with Crippen molar-refractivity contribution in [3.8, 4) is 0 Å². The van der Waals surface area contributed by atoms with Crippen LogP contribution in [0.15, 0.2) is 18.7 Å². The van der Waals surface area contributed by atoms with Crippen LogP contribution in [-0.2, 0) is 6.54 Å². The fraction of sp³-hybridized carbons (Fsp3) is 0.750. The first-order valence-electron chi connectivity index (χ1n) is 6.21. The Hall–Kier alpha value is -0.870.